The van der Waals surface area contributed by atoms with Gasteiger partial charge in [0.15, 0.2) is 5.78 Å². The van der Waals surface area contributed by atoms with E-state index in [9.17, 15) is 39.0 Å². The van der Waals surface area contributed by atoms with E-state index in [1.54, 1.807) is 41.1 Å². The minimum absolute atomic E-state index is 0.00701. The molecule has 5 aliphatic rings. The number of ether oxygens (including phenoxy) is 8. The largest absolute Gasteiger partial charge is 0.508 e. The van der Waals surface area contributed by atoms with Gasteiger partial charge in [-0.25, -0.2) is 9.59 Å². The van der Waals surface area contributed by atoms with E-state index < -0.39 is 95.8 Å². The fourth-order valence-electron chi connectivity index (χ4n) is 11.6. The van der Waals surface area contributed by atoms with Crippen LogP contribution in [0.2, 0.25) is 0 Å². The highest BCUT2D eigenvalue weighted by Crippen LogP contribution is 2.45. The predicted octanol–water partition coefficient (Wildman–Crippen LogP) is 6.76. The standard InChI is InChI=1S/C56H83NO16/c1-11-24-70-55(64)71-26-25-69-44-22-20-39(30-47(44)67-9)29-42-41-18-15-23-57-48(41)54(63)72-46(42)32-43(58)35(4)28-37(6)50(60)51(68-10)49(59)36(5)27-33(2)16-13-12-14-17-34(3)45(66-8)31-40-21-19-38(7)56(65,73-40)52(61)53(57)62/h11-14,16-17,28,33,35-36,38-42,44-48,50-51,60,65H,1,15,18-27,29-32H2,2-10H3/t33-,35-,36-,38-,39+,40+,41?,42+,44-,45+,46+,47-,48+,50-,51+,56-/m1/s1. The van der Waals surface area contributed by atoms with Gasteiger partial charge in [-0.15, -0.1) is 0 Å². The van der Waals surface area contributed by atoms with Crippen LogP contribution in [0.4, 0.5) is 4.79 Å². The summed E-state index contributed by atoms with van der Waals surface area (Å²) < 4.78 is 45.9. The summed E-state index contributed by atoms with van der Waals surface area (Å²) in [6.45, 7) is 14.5. The quantitative estimate of drug-likeness (QED) is 0.0945. The molecule has 5 rings (SSSR count). The highest BCUT2D eigenvalue weighted by Gasteiger charge is 2.57. The predicted molar refractivity (Wildman–Crippen MR) is 270 cm³/mol. The van der Waals surface area contributed by atoms with Gasteiger partial charge in [-0.05, 0) is 101 Å². The van der Waals surface area contributed by atoms with Crippen molar-refractivity contribution in [1.29, 1.82) is 0 Å². The lowest BCUT2D eigenvalue weighted by Gasteiger charge is -2.50. The Morgan fingerprint density at radius 2 is 1.63 bits per heavy atom. The Bertz CT molecular complexity index is 2050. The van der Waals surface area contributed by atoms with Gasteiger partial charge in [-0.1, -0.05) is 76.8 Å². The van der Waals surface area contributed by atoms with Crippen LogP contribution in [-0.2, 0) is 61.9 Å². The summed E-state index contributed by atoms with van der Waals surface area (Å²) in [5, 5.41) is 23.6. The fourth-order valence-corrected chi connectivity index (χ4v) is 11.6. The van der Waals surface area contributed by atoms with Crippen molar-refractivity contribution in [2.45, 2.75) is 167 Å². The number of carbonyl (C=O) groups is 6. The molecule has 4 aliphatic heterocycles. The van der Waals surface area contributed by atoms with Crippen LogP contribution in [-0.4, -0.2) is 153 Å². The van der Waals surface area contributed by atoms with Gasteiger partial charge in [-0.3, -0.25) is 19.2 Å². The van der Waals surface area contributed by atoms with Gasteiger partial charge in [0.1, 0.15) is 43.4 Å². The maximum absolute atomic E-state index is 14.6. The number of amides is 1. The Labute approximate surface area is 432 Å². The minimum atomic E-state index is -2.46. The molecule has 0 aromatic carbocycles. The highest BCUT2D eigenvalue weighted by molar-refractivity contribution is 6.39. The van der Waals surface area contributed by atoms with Crippen LogP contribution in [0.25, 0.3) is 0 Å². The molecule has 17 heteroatoms. The molecule has 1 aliphatic carbocycles. The summed E-state index contributed by atoms with van der Waals surface area (Å²) >= 11 is 0. The molecule has 4 fully saturated rings. The van der Waals surface area contributed by atoms with Gasteiger partial charge in [-0.2, -0.15) is 0 Å². The van der Waals surface area contributed by atoms with Crippen molar-refractivity contribution in [3.63, 3.8) is 0 Å². The number of esters is 1. The summed E-state index contributed by atoms with van der Waals surface area (Å²) in [5.41, 5.74) is 1.25. The number of Topliss-reactive ketones (excluding diaryl/α,β-unsaturated/α-hetero) is 3. The third-order valence-electron chi connectivity index (χ3n) is 15.8. The molecular formula is C56H83NO16. The summed E-state index contributed by atoms with van der Waals surface area (Å²) in [4.78, 5) is 84.6. The molecular weight excluding hydrogens is 943 g/mol. The van der Waals surface area contributed by atoms with Gasteiger partial charge in [0.25, 0.3) is 11.7 Å². The van der Waals surface area contributed by atoms with Gasteiger partial charge in [0.2, 0.25) is 5.79 Å². The van der Waals surface area contributed by atoms with Gasteiger partial charge < -0.3 is 53.0 Å². The molecule has 73 heavy (non-hydrogen) atoms. The summed E-state index contributed by atoms with van der Waals surface area (Å²) in [5.74, 6) is -8.76. The van der Waals surface area contributed by atoms with E-state index in [-0.39, 0.29) is 68.4 Å². The van der Waals surface area contributed by atoms with E-state index in [0.29, 0.717) is 69.8 Å². The molecule has 0 aromatic heterocycles. The van der Waals surface area contributed by atoms with E-state index in [1.165, 1.54) is 18.1 Å². The molecule has 0 aromatic rings. The van der Waals surface area contributed by atoms with E-state index in [2.05, 4.69) is 6.58 Å². The zero-order valence-electron chi connectivity index (χ0n) is 44.6. The topological polar surface area (TPSA) is 220 Å². The third kappa shape index (κ3) is 15.4. The maximum Gasteiger partial charge on any atom is 0.508 e. The monoisotopic (exact) mass is 1030 g/mol. The number of aliphatic hydroxyl groups excluding tert-OH is 1. The minimum Gasteiger partial charge on any atom is -0.460 e. The van der Waals surface area contributed by atoms with Crippen LogP contribution in [0, 0.1) is 41.4 Å². The van der Waals surface area contributed by atoms with E-state index in [1.807, 2.05) is 51.2 Å². The SMILES string of the molecule is C=CCOC(=O)OCCO[C@@H]1CC[C@@H](C[C@H]2C3CCCN4C(=O)C(=O)[C@]5(O)O[C@@H](CC[C@H]5C)C[C@H](OC)C(C)=CC=CC=C[C@@H](C)C[C@@H](C)C(=O)[C@H](OC)[C@H](O)C(C)=C[C@@H](C)C(=O)C[C@@H]2OC(=O)[C@H]34)C[C@H]1OC. The third-order valence-corrected chi connectivity index (χ3v) is 15.8. The molecule has 4 heterocycles. The number of fused-ring (bicyclic) bond motifs is 4. The summed E-state index contributed by atoms with van der Waals surface area (Å²) in [6, 6.07) is -1.16. The average molecular weight is 1030 g/mol. The lowest BCUT2D eigenvalue weighted by Crippen LogP contribution is -2.65. The van der Waals surface area contributed by atoms with Crippen LogP contribution < -0.4 is 0 Å². The average Bonchev–Trinajstić information content (AvgIpc) is 3.37. The van der Waals surface area contributed by atoms with Gasteiger partial charge in [0.05, 0.1) is 31.0 Å². The number of allylic oxidation sites excluding steroid dienone is 6. The van der Waals surface area contributed by atoms with Crippen molar-refractivity contribution < 1.29 is 76.9 Å². The Morgan fingerprint density at radius 3 is 2.33 bits per heavy atom. The molecule has 408 valence electrons. The van der Waals surface area contributed by atoms with Gasteiger partial charge >= 0.3 is 12.1 Å². The van der Waals surface area contributed by atoms with Crippen LogP contribution in [0.15, 0.2) is 60.3 Å². The molecule has 4 bridgehead atoms. The number of hydrogen-bond donors (Lipinski definition) is 2. The number of methoxy groups -OCH3 is 3. The number of rotatable bonds is 11. The molecule has 17 nitrogen and oxygen atoms in total. The first-order valence-corrected chi connectivity index (χ1v) is 26.3. The molecule has 1 amide bonds. The highest BCUT2D eigenvalue weighted by atomic mass is 16.7. The van der Waals surface area contributed by atoms with Crippen LogP contribution in [0.5, 0.6) is 0 Å². The second-order valence-corrected chi connectivity index (χ2v) is 21.1. The van der Waals surface area contributed by atoms with Gasteiger partial charge in [0, 0.05) is 64.4 Å². The Kier molecular flexibility index (Phi) is 22.8. The second-order valence-electron chi connectivity index (χ2n) is 21.1. The normalized spacial score (nSPS) is 36.8. The first kappa shape index (κ1) is 59.5. The van der Waals surface area contributed by atoms with Crippen molar-refractivity contribution in [2.75, 3.05) is 47.7 Å². The van der Waals surface area contributed by atoms with Crippen LogP contribution in [0.3, 0.4) is 0 Å². The molecule has 1 saturated carbocycles. The zero-order chi connectivity index (χ0) is 53.6. The summed E-state index contributed by atoms with van der Waals surface area (Å²) in [6.07, 6.45) is 11.5. The second kappa shape index (κ2) is 28.0. The van der Waals surface area contributed by atoms with Crippen LogP contribution >= 0.6 is 0 Å². The van der Waals surface area contributed by atoms with E-state index in [4.69, 9.17) is 37.9 Å². The number of aliphatic hydroxyl groups is 2. The lowest BCUT2D eigenvalue weighted by molar-refractivity contribution is -0.266. The summed E-state index contributed by atoms with van der Waals surface area (Å²) in [7, 11) is 4.55. The molecule has 2 N–H and O–H groups in total. The maximum atomic E-state index is 14.6. The molecule has 0 spiro atoms. The molecule has 16 atom stereocenters. The molecule has 3 saturated heterocycles. The van der Waals surface area contributed by atoms with E-state index >= 15 is 0 Å². The van der Waals surface area contributed by atoms with Crippen molar-refractivity contribution in [2.24, 2.45) is 41.4 Å². The lowest BCUT2D eigenvalue weighted by atomic mass is 9.68. The number of nitrogens with zero attached hydrogens (tertiary/aromatic N) is 1. The Morgan fingerprint density at radius 1 is 0.877 bits per heavy atom. The van der Waals surface area contributed by atoms with Crippen molar-refractivity contribution in [1.82, 2.24) is 4.90 Å². The Balaban J connectivity index is 1.46. The number of carbonyl (C=O) groups excluding carboxylic acids is 6. The van der Waals surface area contributed by atoms with E-state index in [0.717, 1.165) is 5.57 Å². The fraction of sp³-hybridized carbons (Fsp3) is 0.714. The molecule has 1 unspecified atom stereocenters. The van der Waals surface area contributed by atoms with Crippen molar-refractivity contribution >= 4 is 35.4 Å². The Hall–Kier alpha value is -4.36. The zero-order valence-corrected chi connectivity index (χ0v) is 44.6. The van der Waals surface area contributed by atoms with Crippen molar-refractivity contribution in [3.05, 3.63) is 60.3 Å². The number of hydrogen-bond acceptors (Lipinski definition) is 16. The first-order valence-electron chi connectivity index (χ1n) is 26.3. The van der Waals surface area contributed by atoms with Crippen molar-refractivity contribution in [3.8, 4) is 0 Å². The number of piperidine rings is 1. The molecule has 0 radical (unpaired) electrons. The first-order chi connectivity index (χ1) is 34.8. The smallest absolute Gasteiger partial charge is 0.460 e. The number of ketones is 3. The van der Waals surface area contributed by atoms with Crippen LogP contribution in [0.1, 0.15) is 112 Å².